The summed E-state index contributed by atoms with van der Waals surface area (Å²) in [5.41, 5.74) is 2.55. The molecule has 1 aromatic rings. The van der Waals surface area contributed by atoms with E-state index >= 15 is 0 Å². The van der Waals surface area contributed by atoms with Crippen LogP contribution in [-0.4, -0.2) is 24.9 Å². The van der Waals surface area contributed by atoms with E-state index in [-0.39, 0.29) is 12.4 Å². The van der Waals surface area contributed by atoms with Gasteiger partial charge in [-0.05, 0) is 49.8 Å². The number of nitrogens with zero attached hydrogens (tertiary/aromatic N) is 1. The minimum absolute atomic E-state index is 0.210. The number of halogens is 1. The van der Waals surface area contributed by atoms with Gasteiger partial charge in [0, 0.05) is 10.6 Å². The maximum atomic E-state index is 11.9. The SMILES string of the molecule is CCOC(=O)Cc1ccc(Cl)cc1/C(CC)=N/OCC1CCCCC1. The molecule has 0 heterocycles. The number of benzene rings is 1. The van der Waals surface area contributed by atoms with Crippen molar-refractivity contribution < 1.29 is 14.4 Å². The summed E-state index contributed by atoms with van der Waals surface area (Å²) in [4.78, 5) is 17.5. The van der Waals surface area contributed by atoms with Crippen LogP contribution in [0.25, 0.3) is 0 Å². The molecule has 138 valence electrons. The monoisotopic (exact) mass is 365 g/mol. The van der Waals surface area contributed by atoms with Crippen molar-refractivity contribution in [1.82, 2.24) is 0 Å². The van der Waals surface area contributed by atoms with Gasteiger partial charge in [0.1, 0.15) is 6.61 Å². The molecule has 0 aromatic heterocycles. The van der Waals surface area contributed by atoms with Crippen molar-refractivity contribution in [1.29, 1.82) is 0 Å². The van der Waals surface area contributed by atoms with E-state index in [9.17, 15) is 4.79 Å². The highest BCUT2D eigenvalue weighted by molar-refractivity contribution is 6.31. The Hall–Kier alpha value is -1.55. The Kier molecular flexibility index (Phi) is 8.26. The Balaban J connectivity index is 2.10. The Morgan fingerprint density at radius 3 is 2.68 bits per heavy atom. The predicted molar refractivity (Wildman–Crippen MR) is 101 cm³/mol. The van der Waals surface area contributed by atoms with E-state index in [1.165, 1.54) is 32.1 Å². The van der Waals surface area contributed by atoms with Crippen LogP contribution in [0.5, 0.6) is 0 Å². The average molecular weight is 366 g/mol. The Morgan fingerprint density at radius 2 is 2.00 bits per heavy atom. The lowest BCUT2D eigenvalue weighted by molar-refractivity contribution is -0.142. The van der Waals surface area contributed by atoms with E-state index in [2.05, 4.69) is 5.16 Å². The lowest BCUT2D eigenvalue weighted by atomic mass is 9.90. The van der Waals surface area contributed by atoms with E-state index in [1.807, 2.05) is 19.1 Å². The Morgan fingerprint density at radius 1 is 1.24 bits per heavy atom. The number of esters is 1. The zero-order chi connectivity index (χ0) is 18.1. The minimum Gasteiger partial charge on any atom is -0.466 e. The van der Waals surface area contributed by atoms with Crippen molar-refractivity contribution in [3.05, 3.63) is 34.3 Å². The third-order valence-corrected chi connectivity index (χ3v) is 4.80. The van der Waals surface area contributed by atoms with E-state index in [0.29, 0.717) is 30.6 Å². The molecule has 0 N–H and O–H groups in total. The normalized spacial score (nSPS) is 15.9. The first-order chi connectivity index (χ1) is 12.1. The molecule has 0 saturated heterocycles. The van der Waals surface area contributed by atoms with Crippen LogP contribution in [0.3, 0.4) is 0 Å². The van der Waals surface area contributed by atoms with E-state index < -0.39 is 0 Å². The molecule has 25 heavy (non-hydrogen) atoms. The highest BCUT2D eigenvalue weighted by Crippen LogP contribution is 2.24. The van der Waals surface area contributed by atoms with Gasteiger partial charge >= 0.3 is 5.97 Å². The van der Waals surface area contributed by atoms with Crippen molar-refractivity contribution >= 4 is 23.3 Å². The lowest BCUT2D eigenvalue weighted by Gasteiger charge is -2.20. The fourth-order valence-electron chi connectivity index (χ4n) is 3.22. The zero-order valence-electron chi connectivity index (χ0n) is 15.2. The molecule has 0 bridgehead atoms. The molecule has 0 amide bonds. The summed E-state index contributed by atoms with van der Waals surface area (Å²) >= 11 is 6.16. The van der Waals surface area contributed by atoms with Crippen LogP contribution in [0, 0.1) is 5.92 Å². The summed E-state index contributed by atoms with van der Waals surface area (Å²) in [5, 5.41) is 4.99. The van der Waals surface area contributed by atoms with Gasteiger partial charge in [-0.2, -0.15) is 0 Å². The fourth-order valence-corrected chi connectivity index (χ4v) is 3.39. The van der Waals surface area contributed by atoms with Gasteiger partial charge in [-0.1, -0.05) is 49.0 Å². The molecule has 0 aliphatic heterocycles. The number of carbonyl (C=O) groups excluding carboxylic acids is 1. The van der Waals surface area contributed by atoms with Gasteiger partial charge in [0.05, 0.1) is 18.7 Å². The first-order valence-corrected chi connectivity index (χ1v) is 9.65. The first-order valence-electron chi connectivity index (χ1n) is 9.27. The summed E-state index contributed by atoms with van der Waals surface area (Å²) in [6.07, 6.45) is 7.28. The molecular weight excluding hydrogens is 338 g/mol. The number of rotatable bonds is 8. The fraction of sp³-hybridized carbons (Fsp3) is 0.600. The van der Waals surface area contributed by atoms with Gasteiger partial charge in [0.15, 0.2) is 0 Å². The topological polar surface area (TPSA) is 47.9 Å². The van der Waals surface area contributed by atoms with Crippen LogP contribution < -0.4 is 0 Å². The molecule has 4 nitrogen and oxygen atoms in total. The first kappa shape index (κ1) is 19.8. The summed E-state index contributed by atoms with van der Waals surface area (Å²) in [7, 11) is 0. The van der Waals surface area contributed by atoms with Crippen molar-refractivity contribution in [2.45, 2.75) is 58.8 Å². The second-order valence-electron chi connectivity index (χ2n) is 6.47. The van der Waals surface area contributed by atoms with Gasteiger partial charge in [0.25, 0.3) is 0 Å². The number of hydrogen-bond donors (Lipinski definition) is 0. The van der Waals surface area contributed by atoms with Crippen molar-refractivity contribution in [2.24, 2.45) is 11.1 Å². The van der Waals surface area contributed by atoms with Gasteiger partial charge in [-0.25, -0.2) is 0 Å². The van der Waals surface area contributed by atoms with Crippen molar-refractivity contribution in [3.8, 4) is 0 Å². The van der Waals surface area contributed by atoms with Crippen LogP contribution in [-0.2, 0) is 20.8 Å². The highest BCUT2D eigenvalue weighted by atomic mass is 35.5. The Labute approximate surface area is 155 Å². The highest BCUT2D eigenvalue weighted by Gasteiger charge is 2.16. The molecule has 5 heteroatoms. The number of carbonyl (C=O) groups is 1. The lowest BCUT2D eigenvalue weighted by Crippen LogP contribution is -2.14. The van der Waals surface area contributed by atoms with Crippen LogP contribution in [0.15, 0.2) is 23.4 Å². The zero-order valence-corrected chi connectivity index (χ0v) is 16.0. The van der Waals surface area contributed by atoms with Gasteiger partial charge < -0.3 is 9.57 Å². The summed E-state index contributed by atoms with van der Waals surface area (Å²) in [5.74, 6) is 0.360. The molecule has 0 spiro atoms. The molecule has 1 saturated carbocycles. The maximum Gasteiger partial charge on any atom is 0.310 e. The van der Waals surface area contributed by atoms with E-state index in [1.54, 1.807) is 13.0 Å². The quantitative estimate of drug-likeness (QED) is 0.363. The summed E-state index contributed by atoms with van der Waals surface area (Å²) < 4.78 is 5.06. The van der Waals surface area contributed by atoms with Crippen LogP contribution in [0.1, 0.15) is 63.5 Å². The molecular formula is C20H28ClNO3. The molecule has 2 rings (SSSR count). The largest absolute Gasteiger partial charge is 0.466 e. The predicted octanol–water partition coefficient (Wildman–Crippen LogP) is 5.16. The molecule has 1 aliphatic carbocycles. The van der Waals surface area contributed by atoms with Gasteiger partial charge in [-0.3, -0.25) is 4.79 Å². The maximum absolute atomic E-state index is 11.9. The molecule has 1 fully saturated rings. The molecule has 0 unspecified atom stereocenters. The van der Waals surface area contributed by atoms with Crippen molar-refractivity contribution in [3.63, 3.8) is 0 Å². The smallest absolute Gasteiger partial charge is 0.310 e. The molecule has 0 atom stereocenters. The molecule has 0 radical (unpaired) electrons. The Bertz CT molecular complexity index is 595. The van der Waals surface area contributed by atoms with E-state index in [4.69, 9.17) is 21.2 Å². The standard InChI is InChI=1S/C20H28ClNO3/c1-3-19(22-25-14-15-8-6-5-7-9-15)18-13-17(21)11-10-16(18)12-20(23)24-4-2/h10-11,13,15H,3-9,12,14H2,1-2H3/b22-19+. The van der Waals surface area contributed by atoms with Crippen LogP contribution in [0.4, 0.5) is 0 Å². The average Bonchev–Trinajstić information content (AvgIpc) is 2.61. The third-order valence-electron chi connectivity index (χ3n) is 4.57. The van der Waals surface area contributed by atoms with Crippen molar-refractivity contribution in [2.75, 3.05) is 13.2 Å². The summed E-state index contributed by atoms with van der Waals surface area (Å²) in [6, 6.07) is 5.50. The minimum atomic E-state index is -0.246. The van der Waals surface area contributed by atoms with E-state index in [0.717, 1.165) is 16.8 Å². The number of ether oxygens (including phenoxy) is 1. The van der Waals surface area contributed by atoms with Crippen LogP contribution >= 0.6 is 11.6 Å². The second kappa shape index (κ2) is 10.4. The molecule has 1 aromatic carbocycles. The number of oxime groups is 1. The van der Waals surface area contributed by atoms with Gasteiger partial charge in [0.2, 0.25) is 0 Å². The van der Waals surface area contributed by atoms with Gasteiger partial charge in [-0.15, -0.1) is 0 Å². The molecule has 1 aliphatic rings. The second-order valence-corrected chi connectivity index (χ2v) is 6.91. The third kappa shape index (κ3) is 6.35. The summed E-state index contributed by atoms with van der Waals surface area (Å²) in [6.45, 7) is 4.87. The van der Waals surface area contributed by atoms with Crippen LogP contribution in [0.2, 0.25) is 5.02 Å². The number of hydrogen-bond acceptors (Lipinski definition) is 4.